The molecule has 4 nitrogen and oxygen atoms in total. The molecule has 0 fully saturated rings. The fourth-order valence-corrected chi connectivity index (χ4v) is 1.71. The summed E-state index contributed by atoms with van der Waals surface area (Å²) in [5.74, 6) is 1.09. The molecular weight excluding hydrogens is 254 g/mol. The Morgan fingerprint density at radius 3 is 2.85 bits per heavy atom. The SMILES string of the molecule is CCOCCCNC(=O)COc1cccc(C(C)C)c1. The molecule has 1 rings (SSSR count). The maximum absolute atomic E-state index is 11.6. The van der Waals surface area contributed by atoms with Crippen LogP contribution in [0.4, 0.5) is 0 Å². The summed E-state index contributed by atoms with van der Waals surface area (Å²) in [4.78, 5) is 11.6. The highest BCUT2D eigenvalue weighted by atomic mass is 16.5. The van der Waals surface area contributed by atoms with E-state index >= 15 is 0 Å². The summed E-state index contributed by atoms with van der Waals surface area (Å²) in [6.07, 6.45) is 0.822. The van der Waals surface area contributed by atoms with Crippen LogP contribution in [0.15, 0.2) is 24.3 Å². The summed E-state index contributed by atoms with van der Waals surface area (Å²) >= 11 is 0. The van der Waals surface area contributed by atoms with Crippen molar-refractivity contribution >= 4 is 5.91 Å². The number of ether oxygens (including phenoxy) is 2. The Labute approximate surface area is 121 Å². The van der Waals surface area contributed by atoms with Gasteiger partial charge in [-0.2, -0.15) is 0 Å². The predicted molar refractivity (Wildman–Crippen MR) is 80.1 cm³/mol. The van der Waals surface area contributed by atoms with E-state index in [4.69, 9.17) is 9.47 Å². The molecule has 0 radical (unpaired) electrons. The third kappa shape index (κ3) is 6.57. The Kier molecular flexibility index (Phi) is 7.73. The second kappa shape index (κ2) is 9.37. The van der Waals surface area contributed by atoms with Crippen molar-refractivity contribution < 1.29 is 14.3 Å². The van der Waals surface area contributed by atoms with Crippen LogP contribution >= 0.6 is 0 Å². The van der Waals surface area contributed by atoms with E-state index in [-0.39, 0.29) is 12.5 Å². The van der Waals surface area contributed by atoms with Crippen molar-refractivity contribution in [2.24, 2.45) is 0 Å². The largest absolute Gasteiger partial charge is 0.484 e. The van der Waals surface area contributed by atoms with Crippen molar-refractivity contribution in [3.05, 3.63) is 29.8 Å². The molecule has 0 atom stereocenters. The summed E-state index contributed by atoms with van der Waals surface area (Å²) in [7, 11) is 0. The summed E-state index contributed by atoms with van der Waals surface area (Å²) < 4.78 is 10.7. The fraction of sp³-hybridized carbons (Fsp3) is 0.562. The lowest BCUT2D eigenvalue weighted by Gasteiger charge is -2.10. The van der Waals surface area contributed by atoms with Crippen LogP contribution in [-0.4, -0.2) is 32.3 Å². The van der Waals surface area contributed by atoms with Gasteiger partial charge in [0, 0.05) is 19.8 Å². The predicted octanol–water partition coefficient (Wildman–Crippen LogP) is 2.73. The van der Waals surface area contributed by atoms with Gasteiger partial charge in [-0.1, -0.05) is 26.0 Å². The number of carbonyl (C=O) groups is 1. The number of nitrogens with one attached hydrogen (secondary N) is 1. The molecule has 4 heteroatoms. The average molecular weight is 279 g/mol. The van der Waals surface area contributed by atoms with E-state index in [1.165, 1.54) is 5.56 Å². The highest BCUT2D eigenvalue weighted by Gasteiger charge is 2.04. The maximum Gasteiger partial charge on any atom is 0.257 e. The Balaban J connectivity index is 2.25. The first-order valence-corrected chi connectivity index (χ1v) is 7.20. The van der Waals surface area contributed by atoms with E-state index in [1.54, 1.807) is 0 Å². The van der Waals surface area contributed by atoms with Gasteiger partial charge in [0.2, 0.25) is 0 Å². The fourth-order valence-electron chi connectivity index (χ4n) is 1.71. The standard InChI is InChI=1S/C16H25NO3/c1-4-19-10-6-9-17-16(18)12-20-15-8-5-7-14(11-15)13(2)3/h5,7-8,11,13H,4,6,9-10,12H2,1-3H3,(H,17,18). The highest BCUT2D eigenvalue weighted by molar-refractivity contribution is 5.77. The first kappa shape index (κ1) is 16.5. The first-order valence-electron chi connectivity index (χ1n) is 7.20. The quantitative estimate of drug-likeness (QED) is 0.707. The van der Waals surface area contributed by atoms with Gasteiger partial charge >= 0.3 is 0 Å². The summed E-state index contributed by atoms with van der Waals surface area (Å²) in [6.45, 7) is 8.27. The first-order chi connectivity index (χ1) is 9.63. The lowest BCUT2D eigenvalue weighted by atomic mass is 10.0. The van der Waals surface area contributed by atoms with E-state index in [0.29, 0.717) is 25.7 Å². The molecule has 20 heavy (non-hydrogen) atoms. The zero-order valence-electron chi connectivity index (χ0n) is 12.6. The number of rotatable bonds is 9. The molecule has 0 aliphatic rings. The van der Waals surface area contributed by atoms with Crippen LogP contribution in [-0.2, 0) is 9.53 Å². The van der Waals surface area contributed by atoms with Crippen LogP contribution < -0.4 is 10.1 Å². The number of amides is 1. The second-order valence-electron chi connectivity index (χ2n) is 4.92. The van der Waals surface area contributed by atoms with Crippen LogP contribution in [0.3, 0.4) is 0 Å². The molecule has 0 unspecified atom stereocenters. The molecule has 0 spiro atoms. The highest BCUT2D eigenvalue weighted by Crippen LogP contribution is 2.19. The zero-order valence-corrected chi connectivity index (χ0v) is 12.6. The van der Waals surface area contributed by atoms with Gasteiger partial charge < -0.3 is 14.8 Å². The molecular formula is C16H25NO3. The van der Waals surface area contributed by atoms with E-state index in [0.717, 1.165) is 12.2 Å². The molecule has 0 aliphatic carbocycles. The third-order valence-electron chi connectivity index (χ3n) is 2.89. The average Bonchev–Trinajstić information content (AvgIpc) is 2.45. The van der Waals surface area contributed by atoms with E-state index in [2.05, 4.69) is 25.2 Å². The van der Waals surface area contributed by atoms with Gasteiger partial charge in [0.1, 0.15) is 5.75 Å². The topological polar surface area (TPSA) is 47.6 Å². The molecule has 0 heterocycles. The van der Waals surface area contributed by atoms with Gasteiger partial charge in [-0.15, -0.1) is 0 Å². The van der Waals surface area contributed by atoms with Gasteiger partial charge in [-0.05, 0) is 37.0 Å². The van der Waals surface area contributed by atoms with Gasteiger partial charge in [0.05, 0.1) is 0 Å². The van der Waals surface area contributed by atoms with Gasteiger partial charge in [0.15, 0.2) is 6.61 Å². The molecule has 0 saturated carbocycles. The second-order valence-corrected chi connectivity index (χ2v) is 4.92. The van der Waals surface area contributed by atoms with Crippen molar-refractivity contribution in [2.75, 3.05) is 26.4 Å². The van der Waals surface area contributed by atoms with Crippen molar-refractivity contribution in [2.45, 2.75) is 33.1 Å². The lowest BCUT2D eigenvalue weighted by molar-refractivity contribution is -0.123. The molecule has 1 N–H and O–H groups in total. The molecule has 0 aromatic heterocycles. The number of carbonyl (C=O) groups excluding carboxylic acids is 1. The Morgan fingerprint density at radius 1 is 1.35 bits per heavy atom. The zero-order chi connectivity index (χ0) is 14.8. The van der Waals surface area contributed by atoms with Crippen molar-refractivity contribution in [3.8, 4) is 5.75 Å². The van der Waals surface area contributed by atoms with E-state index < -0.39 is 0 Å². The molecule has 112 valence electrons. The maximum atomic E-state index is 11.6. The lowest BCUT2D eigenvalue weighted by Crippen LogP contribution is -2.30. The smallest absolute Gasteiger partial charge is 0.257 e. The van der Waals surface area contributed by atoms with Gasteiger partial charge in [-0.3, -0.25) is 4.79 Å². The Morgan fingerprint density at radius 2 is 2.15 bits per heavy atom. The molecule has 0 saturated heterocycles. The van der Waals surface area contributed by atoms with Crippen molar-refractivity contribution in [1.82, 2.24) is 5.32 Å². The van der Waals surface area contributed by atoms with Crippen LogP contribution in [0.1, 0.15) is 38.7 Å². The number of hydrogen-bond donors (Lipinski definition) is 1. The molecule has 1 amide bonds. The van der Waals surface area contributed by atoms with Crippen molar-refractivity contribution in [1.29, 1.82) is 0 Å². The summed E-state index contributed by atoms with van der Waals surface area (Å²) in [5.41, 5.74) is 1.21. The van der Waals surface area contributed by atoms with Gasteiger partial charge in [-0.25, -0.2) is 0 Å². The normalized spacial score (nSPS) is 10.6. The van der Waals surface area contributed by atoms with E-state index in [9.17, 15) is 4.79 Å². The van der Waals surface area contributed by atoms with Crippen LogP contribution in [0.25, 0.3) is 0 Å². The number of hydrogen-bond acceptors (Lipinski definition) is 3. The molecule has 0 bridgehead atoms. The Hall–Kier alpha value is -1.55. The van der Waals surface area contributed by atoms with Gasteiger partial charge in [0.25, 0.3) is 5.91 Å². The van der Waals surface area contributed by atoms with Crippen LogP contribution in [0.2, 0.25) is 0 Å². The van der Waals surface area contributed by atoms with Crippen LogP contribution in [0.5, 0.6) is 5.75 Å². The molecule has 0 aliphatic heterocycles. The molecule has 1 aromatic rings. The monoisotopic (exact) mass is 279 g/mol. The minimum absolute atomic E-state index is 0.0518. The minimum Gasteiger partial charge on any atom is -0.484 e. The number of benzene rings is 1. The van der Waals surface area contributed by atoms with Crippen molar-refractivity contribution in [3.63, 3.8) is 0 Å². The summed E-state index contributed by atoms with van der Waals surface area (Å²) in [5, 5.41) is 2.81. The molecule has 1 aromatic carbocycles. The summed E-state index contributed by atoms with van der Waals surface area (Å²) in [6, 6.07) is 7.86. The minimum atomic E-state index is -0.101. The van der Waals surface area contributed by atoms with Crippen LogP contribution in [0, 0.1) is 0 Å². The Bertz CT molecular complexity index is 404. The third-order valence-corrected chi connectivity index (χ3v) is 2.89. The van der Waals surface area contributed by atoms with E-state index in [1.807, 2.05) is 25.1 Å².